The predicted octanol–water partition coefficient (Wildman–Crippen LogP) is 2.54. The lowest BCUT2D eigenvalue weighted by Crippen LogP contribution is -2.50. The van der Waals surface area contributed by atoms with Crippen LogP contribution in [0.15, 0.2) is 35.3 Å². The first-order valence-electron chi connectivity index (χ1n) is 10.4. The number of guanidine groups is 1. The highest BCUT2D eigenvalue weighted by Gasteiger charge is 2.24. The zero-order valence-electron chi connectivity index (χ0n) is 18.1. The second-order valence-corrected chi connectivity index (χ2v) is 8.55. The van der Waals surface area contributed by atoms with E-state index in [0.717, 1.165) is 31.9 Å². The van der Waals surface area contributed by atoms with Gasteiger partial charge in [0.1, 0.15) is 0 Å². The van der Waals surface area contributed by atoms with Crippen molar-refractivity contribution in [3.63, 3.8) is 0 Å². The maximum absolute atomic E-state index is 11.9. The first-order valence-corrected chi connectivity index (χ1v) is 10.4. The Morgan fingerprint density at radius 3 is 2.32 bits per heavy atom. The molecule has 1 unspecified atom stereocenters. The van der Waals surface area contributed by atoms with Gasteiger partial charge in [-0.3, -0.25) is 14.7 Å². The Balaban J connectivity index is 1.70. The third kappa shape index (κ3) is 6.82. The molecule has 0 bridgehead atoms. The van der Waals surface area contributed by atoms with Crippen molar-refractivity contribution >= 4 is 11.9 Å². The van der Waals surface area contributed by atoms with E-state index in [1.807, 2.05) is 20.8 Å². The minimum absolute atomic E-state index is 0.0668. The van der Waals surface area contributed by atoms with Crippen LogP contribution in [0.3, 0.4) is 0 Å². The van der Waals surface area contributed by atoms with Gasteiger partial charge in [-0.25, -0.2) is 0 Å². The highest BCUT2D eigenvalue weighted by atomic mass is 16.2. The van der Waals surface area contributed by atoms with Gasteiger partial charge in [-0.15, -0.1) is 0 Å². The van der Waals surface area contributed by atoms with Gasteiger partial charge in [0, 0.05) is 50.7 Å². The average molecular weight is 388 g/mol. The molecule has 6 heteroatoms. The molecule has 0 aliphatic carbocycles. The third-order valence-corrected chi connectivity index (χ3v) is 5.31. The molecule has 3 N–H and O–H groups in total. The minimum Gasteiger partial charge on any atom is -0.355 e. The number of rotatable bonds is 6. The summed E-state index contributed by atoms with van der Waals surface area (Å²) >= 11 is 0. The van der Waals surface area contributed by atoms with Crippen LogP contribution >= 0.6 is 0 Å². The number of carbonyl (C=O) groups excluding carboxylic acids is 1. The van der Waals surface area contributed by atoms with Crippen LogP contribution in [0.5, 0.6) is 0 Å². The normalized spacial score (nSPS) is 17.8. The molecule has 1 aliphatic heterocycles. The summed E-state index contributed by atoms with van der Waals surface area (Å²) in [7, 11) is 1.79. The van der Waals surface area contributed by atoms with E-state index in [2.05, 4.69) is 63.1 Å². The Morgan fingerprint density at radius 1 is 1.14 bits per heavy atom. The van der Waals surface area contributed by atoms with Crippen LogP contribution in [-0.2, 0) is 4.79 Å². The van der Waals surface area contributed by atoms with Gasteiger partial charge in [0.15, 0.2) is 5.96 Å². The van der Waals surface area contributed by atoms with E-state index in [1.165, 1.54) is 5.56 Å². The Labute approximate surface area is 170 Å². The molecule has 28 heavy (non-hydrogen) atoms. The zero-order chi connectivity index (χ0) is 20.6. The van der Waals surface area contributed by atoms with Crippen LogP contribution < -0.4 is 16.0 Å². The molecule has 1 aromatic carbocycles. The van der Waals surface area contributed by atoms with Crippen LogP contribution in [0.2, 0.25) is 0 Å². The van der Waals surface area contributed by atoms with Crippen LogP contribution in [0.4, 0.5) is 0 Å². The Bertz CT molecular complexity index is 630. The number of carbonyl (C=O) groups is 1. The second kappa shape index (κ2) is 10.5. The summed E-state index contributed by atoms with van der Waals surface area (Å²) in [5.74, 6) is 0.872. The number of amides is 1. The number of benzene rings is 1. The van der Waals surface area contributed by atoms with E-state index in [1.54, 1.807) is 7.05 Å². The molecule has 0 spiro atoms. The van der Waals surface area contributed by atoms with Crippen molar-refractivity contribution in [2.45, 2.75) is 52.6 Å². The lowest BCUT2D eigenvalue weighted by Gasteiger charge is -2.37. The fourth-order valence-corrected chi connectivity index (χ4v) is 3.38. The summed E-state index contributed by atoms with van der Waals surface area (Å²) in [4.78, 5) is 18.8. The van der Waals surface area contributed by atoms with Crippen molar-refractivity contribution in [2.24, 2.45) is 10.4 Å². The summed E-state index contributed by atoms with van der Waals surface area (Å²) < 4.78 is 0. The molecular formula is C22H37N5O. The maximum Gasteiger partial charge on any atom is 0.225 e. The monoisotopic (exact) mass is 387 g/mol. The number of hydrogen-bond donors (Lipinski definition) is 3. The van der Waals surface area contributed by atoms with E-state index in [9.17, 15) is 4.79 Å². The van der Waals surface area contributed by atoms with Crippen LogP contribution in [-0.4, -0.2) is 56.0 Å². The summed E-state index contributed by atoms with van der Waals surface area (Å²) in [6, 6.07) is 11.6. The van der Waals surface area contributed by atoms with E-state index in [0.29, 0.717) is 25.2 Å². The summed E-state index contributed by atoms with van der Waals surface area (Å²) in [6.07, 6.45) is 2.19. The van der Waals surface area contributed by atoms with Gasteiger partial charge in [0.25, 0.3) is 0 Å². The number of hydrogen-bond acceptors (Lipinski definition) is 3. The van der Waals surface area contributed by atoms with Gasteiger partial charge in [0.2, 0.25) is 5.91 Å². The quantitative estimate of drug-likeness (QED) is 0.399. The minimum atomic E-state index is -0.356. The maximum atomic E-state index is 11.9. The topological polar surface area (TPSA) is 68.8 Å². The van der Waals surface area contributed by atoms with Gasteiger partial charge in [-0.1, -0.05) is 51.1 Å². The third-order valence-electron chi connectivity index (χ3n) is 5.31. The predicted molar refractivity (Wildman–Crippen MR) is 116 cm³/mol. The number of aliphatic imine (C=N–C) groups is 1. The molecule has 0 aromatic heterocycles. The first kappa shape index (κ1) is 22.2. The molecule has 1 aromatic rings. The number of likely N-dealkylation sites (tertiary alicyclic amines) is 1. The van der Waals surface area contributed by atoms with Gasteiger partial charge >= 0.3 is 0 Å². The highest BCUT2D eigenvalue weighted by molar-refractivity contribution is 5.82. The fraction of sp³-hybridized carbons (Fsp3) is 0.636. The molecular weight excluding hydrogens is 350 g/mol. The van der Waals surface area contributed by atoms with Crippen molar-refractivity contribution in [2.75, 3.05) is 33.2 Å². The molecule has 1 amide bonds. The molecule has 0 saturated carbocycles. The van der Waals surface area contributed by atoms with E-state index < -0.39 is 0 Å². The number of nitrogens with one attached hydrogen (secondary N) is 3. The first-order chi connectivity index (χ1) is 13.3. The molecule has 156 valence electrons. The number of nitrogens with zero attached hydrogens (tertiary/aromatic N) is 2. The van der Waals surface area contributed by atoms with E-state index in [4.69, 9.17) is 0 Å². The van der Waals surface area contributed by atoms with E-state index >= 15 is 0 Å². The Morgan fingerprint density at radius 2 is 1.75 bits per heavy atom. The largest absolute Gasteiger partial charge is 0.355 e. The van der Waals surface area contributed by atoms with Crippen molar-refractivity contribution < 1.29 is 4.79 Å². The summed E-state index contributed by atoms with van der Waals surface area (Å²) in [5, 5.41) is 9.77. The molecule has 1 aliphatic rings. The molecule has 6 nitrogen and oxygen atoms in total. The molecule has 1 saturated heterocycles. The lowest BCUT2D eigenvalue weighted by molar-refractivity contribution is -0.128. The van der Waals surface area contributed by atoms with Gasteiger partial charge in [-0.05, 0) is 25.3 Å². The lowest BCUT2D eigenvalue weighted by atomic mass is 9.96. The van der Waals surface area contributed by atoms with Crippen molar-refractivity contribution in [3.05, 3.63) is 35.9 Å². The fourth-order valence-electron chi connectivity index (χ4n) is 3.38. The van der Waals surface area contributed by atoms with Crippen molar-refractivity contribution in [1.29, 1.82) is 0 Å². The smallest absolute Gasteiger partial charge is 0.225 e. The SMILES string of the molecule is CN=C(NCCNC(=O)C(C)(C)C)NC1CCN(C(C)c2ccccc2)CC1. The molecule has 1 atom stereocenters. The summed E-state index contributed by atoms with van der Waals surface area (Å²) in [6.45, 7) is 11.4. The molecule has 0 radical (unpaired) electrons. The Kier molecular flexibility index (Phi) is 8.30. The Hall–Kier alpha value is -2.08. The molecule has 1 fully saturated rings. The van der Waals surface area contributed by atoms with Crippen LogP contribution in [0, 0.1) is 5.41 Å². The second-order valence-electron chi connectivity index (χ2n) is 8.55. The van der Waals surface area contributed by atoms with Crippen molar-refractivity contribution in [3.8, 4) is 0 Å². The van der Waals surface area contributed by atoms with Crippen LogP contribution in [0.1, 0.15) is 52.1 Å². The standard InChI is InChI=1S/C22H37N5O/c1-17(18-9-7-6-8-10-18)27-15-11-19(12-16-27)26-21(23-5)25-14-13-24-20(28)22(2,3)4/h6-10,17,19H,11-16H2,1-5H3,(H,24,28)(H2,23,25,26). The van der Waals surface area contributed by atoms with Gasteiger partial charge in [-0.2, -0.15) is 0 Å². The van der Waals surface area contributed by atoms with E-state index in [-0.39, 0.29) is 11.3 Å². The zero-order valence-corrected chi connectivity index (χ0v) is 18.1. The van der Waals surface area contributed by atoms with Crippen LogP contribution in [0.25, 0.3) is 0 Å². The molecule has 1 heterocycles. The summed E-state index contributed by atoms with van der Waals surface area (Å²) in [5.41, 5.74) is 1.02. The highest BCUT2D eigenvalue weighted by Crippen LogP contribution is 2.23. The average Bonchev–Trinajstić information content (AvgIpc) is 2.70. The van der Waals surface area contributed by atoms with Crippen molar-refractivity contribution in [1.82, 2.24) is 20.9 Å². The van der Waals surface area contributed by atoms with Gasteiger partial charge < -0.3 is 16.0 Å². The number of piperidine rings is 1. The van der Waals surface area contributed by atoms with Gasteiger partial charge in [0.05, 0.1) is 0 Å². The molecule has 2 rings (SSSR count).